The van der Waals surface area contributed by atoms with E-state index < -0.39 is 12.2 Å². The quantitative estimate of drug-likeness (QED) is 0.773. The van der Waals surface area contributed by atoms with Gasteiger partial charge in [-0.3, -0.25) is 9.69 Å². The summed E-state index contributed by atoms with van der Waals surface area (Å²) in [6.45, 7) is 6.41. The van der Waals surface area contributed by atoms with Crippen LogP contribution < -0.4 is 0 Å². The number of nitrogens with zero attached hydrogens (tertiary/aromatic N) is 6. The van der Waals surface area contributed by atoms with E-state index >= 15 is 0 Å². The number of rotatable bonds is 3. The number of hydrogen-bond acceptors (Lipinski definition) is 5. The van der Waals surface area contributed by atoms with Gasteiger partial charge in [0.05, 0.1) is 5.69 Å². The Bertz CT molecular complexity index is 999. The van der Waals surface area contributed by atoms with Gasteiger partial charge in [-0.25, -0.2) is 14.5 Å². The van der Waals surface area contributed by atoms with Crippen LogP contribution >= 0.6 is 11.6 Å². The van der Waals surface area contributed by atoms with E-state index in [9.17, 15) is 9.59 Å². The summed E-state index contributed by atoms with van der Waals surface area (Å²) in [5, 5.41) is 5.21. The molecule has 1 fully saturated rings. The molecule has 2 aliphatic heterocycles. The maximum atomic E-state index is 13.2. The van der Waals surface area contributed by atoms with E-state index in [-0.39, 0.29) is 11.9 Å². The van der Waals surface area contributed by atoms with E-state index in [4.69, 9.17) is 16.6 Å². The van der Waals surface area contributed by atoms with Crippen molar-refractivity contribution in [2.24, 2.45) is 4.99 Å². The summed E-state index contributed by atoms with van der Waals surface area (Å²) in [5.74, 6) is 0.321. The van der Waals surface area contributed by atoms with Crippen molar-refractivity contribution in [1.29, 1.82) is 0 Å². The zero-order valence-corrected chi connectivity index (χ0v) is 17.6. The van der Waals surface area contributed by atoms with Gasteiger partial charge < -0.3 is 9.80 Å². The van der Waals surface area contributed by atoms with Gasteiger partial charge in [-0.2, -0.15) is 5.10 Å². The molecule has 1 aromatic carbocycles. The van der Waals surface area contributed by atoms with Crippen LogP contribution in [0.25, 0.3) is 0 Å². The Hall–Kier alpha value is -2.87. The zero-order chi connectivity index (χ0) is 20.9. The predicted molar refractivity (Wildman–Crippen MR) is 110 cm³/mol. The zero-order valence-electron chi connectivity index (χ0n) is 16.8. The largest absolute Gasteiger partial charge is 0.328 e. The summed E-state index contributed by atoms with van der Waals surface area (Å²) in [5.41, 5.74) is 2.76. The second-order valence-electron chi connectivity index (χ2n) is 7.36. The van der Waals surface area contributed by atoms with Crippen LogP contribution in [-0.2, 0) is 11.3 Å². The minimum Gasteiger partial charge on any atom is -0.321 e. The monoisotopic (exact) mass is 414 g/mol. The highest BCUT2D eigenvalue weighted by molar-refractivity contribution is 6.30. The number of benzene rings is 1. The molecule has 0 radical (unpaired) electrons. The van der Waals surface area contributed by atoms with Gasteiger partial charge in [-0.05, 0) is 44.5 Å². The summed E-state index contributed by atoms with van der Waals surface area (Å²) in [7, 11) is 1.68. The van der Waals surface area contributed by atoms with Crippen LogP contribution in [0.4, 0.5) is 4.79 Å². The molecule has 152 valence electrons. The molecule has 3 heterocycles. The Morgan fingerprint density at radius 3 is 2.41 bits per heavy atom. The average molecular weight is 415 g/mol. The summed E-state index contributed by atoms with van der Waals surface area (Å²) in [6, 6.07) is 8.51. The van der Waals surface area contributed by atoms with E-state index in [1.54, 1.807) is 18.7 Å². The summed E-state index contributed by atoms with van der Waals surface area (Å²) in [6.07, 6.45) is -0.594. The lowest BCUT2D eigenvalue weighted by Crippen LogP contribution is -2.64. The molecular formula is C20H23ClN6O2. The van der Waals surface area contributed by atoms with Crippen LogP contribution in [0.1, 0.15) is 23.9 Å². The summed E-state index contributed by atoms with van der Waals surface area (Å²) < 4.78 is 1.74. The number of aromatic nitrogens is 2. The number of likely N-dealkylation sites (N-methyl/N-ethyl adjacent to an activating group) is 2. The van der Waals surface area contributed by atoms with Crippen LogP contribution in [0.2, 0.25) is 5.02 Å². The number of hydrogen-bond donors (Lipinski definition) is 0. The Morgan fingerprint density at radius 1 is 1.14 bits per heavy atom. The molecule has 9 heteroatoms. The van der Waals surface area contributed by atoms with Crippen molar-refractivity contribution in [3.05, 3.63) is 52.3 Å². The molecule has 0 spiro atoms. The fourth-order valence-electron chi connectivity index (χ4n) is 3.92. The number of carbonyl (C=O) groups excluding carboxylic acids is 2. The maximum Gasteiger partial charge on any atom is 0.328 e. The minimum atomic E-state index is -0.604. The fourth-order valence-corrected chi connectivity index (χ4v) is 4.05. The highest BCUT2D eigenvalue weighted by atomic mass is 35.5. The smallest absolute Gasteiger partial charge is 0.321 e. The lowest BCUT2D eigenvalue weighted by molar-refractivity contribution is -0.137. The molecular weight excluding hydrogens is 392 g/mol. The topological polar surface area (TPSA) is 74.0 Å². The van der Waals surface area contributed by atoms with Crippen LogP contribution in [0.3, 0.4) is 0 Å². The molecule has 1 saturated heterocycles. The molecule has 2 aromatic rings. The van der Waals surface area contributed by atoms with Gasteiger partial charge >= 0.3 is 6.03 Å². The fraction of sp³-hybridized carbons (Fsp3) is 0.400. The molecule has 2 atom stereocenters. The molecule has 4 rings (SSSR count). The Balaban J connectivity index is 1.79. The van der Waals surface area contributed by atoms with Crippen molar-refractivity contribution >= 4 is 29.5 Å². The molecule has 29 heavy (non-hydrogen) atoms. The van der Waals surface area contributed by atoms with Gasteiger partial charge in [0.25, 0.3) is 5.91 Å². The summed E-state index contributed by atoms with van der Waals surface area (Å²) in [4.78, 5) is 35.4. The number of fused-ring (bicyclic) bond motifs is 1. The highest BCUT2D eigenvalue weighted by Gasteiger charge is 2.52. The van der Waals surface area contributed by atoms with Crippen molar-refractivity contribution in [2.75, 3.05) is 13.6 Å². The molecule has 2 aliphatic rings. The third kappa shape index (κ3) is 3.17. The SMILES string of the molecule is CCN1C(=O)C2C(N=C(n3nc(C)cc3C)N2Cc2ccc(Cl)cc2)N(C)C1=O. The lowest BCUT2D eigenvalue weighted by atomic mass is 10.1. The molecule has 0 aliphatic carbocycles. The van der Waals surface area contributed by atoms with Gasteiger partial charge in [0.15, 0.2) is 12.2 Å². The van der Waals surface area contributed by atoms with Crippen molar-refractivity contribution in [3.63, 3.8) is 0 Å². The number of aryl methyl sites for hydroxylation is 2. The Labute approximate surface area is 174 Å². The van der Waals surface area contributed by atoms with Crippen molar-refractivity contribution < 1.29 is 9.59 Å². The van der Waals surface area contributed by atoms with E-state index in [1.165, 1.54) is 9.80 Å². The van der Waals surface area contributed by atoms with E-state index in [1.807, 2.05) is 49.1 Å². The first-order chi connectivity index (χ1) is 13.8. The second kappa shape index (κ2) is 7.18. The van der Waals surface area contributed by atoms with E-state index in [2.05, 4.69) is 5.10 Å². The number of imide groups is 1. The first-order valence-corrected chi connectivity index (χ1v) is 9.90. The van der Waals surface area contributed by atoms with Gasteiger partial charge in [-0.1, -0.05) is 23.7 Å². The first-order valence-electron chi connectivity index (χ1n) is 9.52. The number of amides is 3. The van der Waals surface area contributed by atoms with Crippen LogP contribution in [0.5, 0.6) is 0 Å². The molecule has 0 saturated carbocycles. The Kier molecular flexibility index (Phi) is 4.82. The van der Waals surface area contributed by atoms with Crippen LogP contribution in [0.15, 0.2) is 35.3 Å². The molecule has 8 nitrogen and oxygen atoms in total. The van der Waals surface area contributed by atoms with E-state index in [0.29, 0.717) is 24.1 Å². The average Bonchev–Trinajstić information content (AvgIpc) is 3.22. The maximum absolute atomic E-state index is 13.2. The second-order valence-corrected chi connectivity index (χ2v) is 7.79. The minimum absolute atomic E-state index is 0.241. The van der Waals surface area contributed by atoms with Gasteiger partial charge in [-0.15, -0.1) is 0 Å². The predicted octanol–water partition coefficient (Wildman–Crippen LogP) is 2.48. The van der Waals surface area contributed by atoms with Crippen LogP contribution in [-0.4, -0.2) is 68.2 Å². The van der Waals surface area contributed by atoms with Crippen LogP contribution in [0, 0.1) is 13.8 Å². The highest BCUT2D eigenvalue weighted by Crippen LogP contribution is 2.30. The first kappa shape index (κ1) is 19.4. The third-order valence-electron chi connectivity index (χ3n) is 5.35. The molecule has 3 amide bonds. The molecule has 0 N–H and O–H groups in total. The van der Waals surface area contributed by atoms with E-state index in [0.717, 1.165) is 17.0 Å². The molecule has 1 aromatic heterocycles. The lowest BCUT2D eigenvalue weighted by Gasteiger charge is -2.41. The molecule has 0 bridgehead atoms. The summed E-state index contributed by atoms with van der Waals surface area (Å²) >= 11 is 6.03. The third-order valence-corrected chi connectivity index (χ3v) is 5.60. The standard InChI is InChI=1S/C20H23ClN6O2/c1-5-25-18(28)16-17(24(4)20(25)29)22-19(27-13(3)10-12(2)23-27)26(16)11-14-6-8-15(21)9-7-14/h6-10,16-17H,5,11H2,1-4H3. The number of carbonyl (C=O) groups is 2. The van der Waals surface area contributed by atoms with Crippen molar-refractivity contribution in [3.8, 4) is 0 Å². The van der Waals surface area contributed by atoms with Crippen molar-refractivity contribution in [2.45, 2.75) is 39.5 Å². The normalized spacial score (nSPS) is 21.7. The number of halogens is 1. The number of urea groups is 1. The molecule has 2 unspecified atom stereocenters. The van der Waals surface area contributed by atoms with Gasteiger partial charge in [0.2, 0.25) is 5.96 Å². The van der Waals surface area contributed by atoms with Gasteiger partial charge in [0.1, 0.15) is 0 Å². The Morgan fingerprint density at radius 2 is 1.83 bits per heavy atom. The van der Waals surface area contributed by atoms with Crippen molar-refractivity contribution in [1.82, 2.24) is 24.5 Å². The van der Waals surface area contributed by atoms with Gasteiger partial charge in [0, 0.05) is 30.9 Å². The number of aliphatic imine (C=N–C) groups is 1.